The number of rotatable bonds is 5. The van der Waals surface area contributed by atoms with Crippen molar-refractivity contribution in [3.63, 3.8) is 0 Å². The van der Waals surface area contributed by atoms with Gasteiger partial charge >= 0.3 is 0 Å². The summed E-state index contributed by atoms with van der Waals surface area (Å²) < 4.78 is 0. The number of likely N-dealkylation sites (tertiary alicyclic amines) is 1. The summed E-state index contributed by atoms with van der Waals surface area (Å²) in [4.78, 5) is 18.5. The van der Waals surface area contributed by atoms with Crippen molar-refractivity contribution < 1.29 is 4.79 Å². The molecule has 1 amide bonds. The van der Waals surface area contributed by atoms with E-state index in [-0.39, 0.29) is 0 Å². The van der Waals surface area contributed by atoms with Crippen LogP contribution in [0.15, 0.2) is 24.5 Å². The lowest BCUT2D eigenvalue weighted by molar-refractivity contribution is -0.134. The molecule has 1 aromatic rings. The van der Waals surface area contributed by atoms with Crippen molar-refractivity contribution >= 4 is 5.91 Å². The molecule has 21 heavy (non-hydrogen) atoms. The molecule has 0 aromatic carbocycles. The van der Waals surface area contributed by atoms with Gasteiger partial charge in [0.15, 0.2) is 0 Å². The van der Waals surface area contributed by atoms with Crippen molar-refractivity contribution in [1.29, 1.82) is 0 Å². The maximum Gasteiger partial charge on any atom is 0.225 e. The van der Waals surface area contributed by atoms with Crippen LogP contribution in [0.25, 0.3) is 0 Å². The van der Waals surface area contributed by atoms with E-state index in [4.69, 9.17) is 0 Å². The molecule has 2 heterocycles. The molecular formula is C17H25N3O. The third kappa shape index (κ3) is 3.62. The average Bonchev–Trinajstić information content (AvgIpc) is 3.38. The number of nitrogens with zero attached hydrogens (tertiary/aromatic N) is 2. The summed E-state index contributed by atoms with van der Waals surface area (Å²) in [6.07, 6.45) is 8.13. The van der Waals surface area contributed by atoms with Crippen LogP contribution < -0.4 is 5.32 Å². The van der Waals surface area contributed by atoms with Gasteiger partial charge in [-0.05, 0) is 36.8 Å². The molecule has 114 valence electrons. The Kier molecular flexibility index (Phi) is 4.54. The second-order valence-corrected chi connectivity index (χ2v) is 6.36. The van der Waals surface area contributed by atoms with E-state index in [2.05, 4.69) is 28.2 Å². The number of hydrogen-bond donors (Lipinski definition) is 1. The molecule has 1 aromatic heterocycles. The fraction of sp³-hybridized carbons (Fsp3) is 0.647. The van der Waals surface area contributed by atoms with Crippen LogP contribution >= 0.6 is 0 Å². The topological polar surface area (TPSA) is 45.2 Å². The van der Waals surface area contributed by atoms with Crippen LogP contribution in [0.5, 0.6) is 0 Å². The van der Waals surface area contributed by atoms with Gasteiger partial charge in [-0.2, -0.15) is 0 Å². The maximum atomic E-state index is 12.2. The van der Waals surface area contributed by atoms with Crippen LogP contribution in [0.4, 0.5) is 0 Å². The SMILES string of the molecule is CC[C@H]1CN(C(=O)C2CC2)CC[C@@H]1NCc1cccnc1. The number of hydrogen-bond acceptors (Lipinski definition) is 3. The van der Waals surface area contributed by atoms with Gasteiger partial charge in [-0.1, -0.05) is 19.4 Å². The molecule has 0 radical (unpaired) electrons. The lowest BCUT2D eigenvalue weighted by Gasteiger charge is -2.39. The first-order valence-corrected chi connectivity index (χ1v) is 8.19. The molecule has 2 fully saturated rings. The van der Waals surface area contributed by atoms with Crippen molar-refractivity contribution in [1.82, 2.24) is 15.2 Å². The Hall–Kier alpha value is -1.42. The molecule has 1 saturated carbocycles. The Morgan fingerprint density at radius 3 is 2.95 bits per heavy atom. The lowest BCUT2D eigenvalue weighted by Crippen LogP contribution is -2.51. The molecule has 1 aliphatic carbocycles. The van der Waals surface area contributed by atoms with E-state index in [1.807, 2.05) is 12.3 Å². The molecular weight excluding hydrogens is 262 g/mol. The van der Waals surface area contributed by atoms with Gasteiger partial charge in [0.2, 0.25) is 5.91 Å². The van der Waals surface area contributed by atoms with Crippen molar-refractivity contribution in [2.45, 2.75) is 45.2 Å². The van der Waals surface area contributed by atoms with E-state index in [0.717, 1.165) is 45.3 Å². The van der Waals surface area contributed by atoms with E-state index in [0.29, 0.717) is 23.8 Å². The minimum atomic E-state index is 0.349. The number of piperidine rings is 1. The number of carbonyl (C=O) groups excluding carboxylic acids is 1. The van der Waals surface area contributed by atoms with Crippen molar-refractivity contribution in [3.8, 4) is 0 Å². The van der Waals surface area contributed by atoms with E-state index in [1.54, 1.807) is 6.20 Å². The number of nitrogens with one attached hydrogen (secondary N) is 1. The molecule has 2 atom stereocenters. The van der Waals surface area contributed by atoms with E-state index in [9.17, 15) is 4.79 Å². The molecule has 3 rings (SSSR count). The smallest absolute Gasteiger partial charge is 0.225 e. The van der Waals surface area contributed by atoms with Crippen LogP contribution in [-0.2, 0) is 11.3 Å². The summed E-state index contributed by atoms with van der Waals surface area (Å²) in [7, 11) is 0. The molecule has 4 nitrogen and oxygen atoms in total. The minimum absolute atomic E-state index is 0.349. The Bertz CT molecular complexity index is 472. The molecule has 4 heteroatoms. The fourth-order valence-corrected chi connectivity index (χ4v) is 3.25. The highest BCUT2D eigenvalue weighted by atomic mass is 16.2. The monoisotopic (exact) mass is 287 g/mol. The molecule has 2 aliphatic rings. The average molecular weight is 287 g/mol. The zero-order valence-corrected chi connectivity index (χ0v) is 12.8. The van der Waals surface area contributed by atoms with Crippen LogP contribution in [-0.4, -0.2) is 34.9 Å². The highest BCUT2D eigenvalue weighted by molar-refractivity contribution is 5.81. The van der Waals surface area contributed by atoms with Gasteiger partial charge in [-0.15, -0.1) is 0 Å². The normalized spacial score (nSPS) is 25.9. The molecule has 0 spiro atoms. The summed E-state index contributed by atoms with van der Waals surface area (Å²) in [5, 5.41) is 3.67. The van der Waals surface area contributed by atoms with Gasteiger partial charge in [0, 0.05) is 44.0 Å². The Labute approximate surface area is 126 Å². The predicted molar refractivity (Wildman–Crippen MR) is 82.6 cm³/mol. The van der Waals surface area contributed by atoms with Crippen molar-refractivity contribution in [3.05, 3.63) is 30.1 Å². The molecule has 1 saturated heterocycles. The van der Waals surface area contributed by atoms with Gasteiger partial charge in [-0.3, -0.25) is 9.78 Å². The van der Waals surface area contributed by atoms with E-state index in [1.165, 1.54) is 5.56 Å². The second kappa shape index (κ2) is 6.56. The zero-order chi connectivity index (χ0) is 14.7. The van der Waals surface area contributed by atoms with Crippen molar-refractivity contribution in [2.24, 2.45) is 11.8 Å². The number of aromatic nitrogens is 1. The third-order valence-electron chi connectivity index (χ3n) is 4.79. The molecule has 0 bridgehead atoms. The standard InChI is InChI=1S/C17H25N3O/c1-2-14-12-20(17(21)15-5-6-15)9-7-16(14)19-11-13-4-3-8-18-10-13/h3-4,8,10,14-16,19H,2,5-7,9,11-12H2,1H3/t14-,16-/m0/s1. The zero-order valence-electron chi connectivity index (χ0n) is 12.8. The highest BCUT2D eigenvalue weighted by Gasteiger charge is 2.37. The van der Waals surface area contributed by atoms with Crippen LogP contribution in [0.1, 0.15) is 38.2 Å². The minimum Gasteiger partial charge on any atom is -0.342 e. The van der Waals surface area contributed by atoms with Crippen molar-refractivity contribution in [2.75, 3.05) is 13.1 Å². The second-order valence-electron chi connectivity index (χ2n) is 6.36. The first kappa shape index (κ1) is 14.5. The number of amides is 1. The van der Waals surface area contributed by atoms with Gasteiger partial charge in [0.1, 0.15) is 0 Å². The van der Waals surface area contributed by atoms with Crippen LogP contribution in [0.2, 0.25) is 0 Å². The maximum absolute atomic E-state index is 12.2. The number of pyridine rings is 1. The first-order chi connectivity index (χ1) is 10.3. The van der Waals surface area contributed by atoms with Gasteiger partial charge in [-0.25, -0.2) is 0 Å². The predicted octanol–water partition coefficient (Wildman–Crippen LogP) is 2.21. The summed E-state index contributed by atoms with van der Waals surface area (Å²) in [6, 6.07) is 4.59. The third-order valence-corrected chi connectivity index (χ3v) is 4.79. The molecule has 0 unspecified atom stereocenters. The largest absolute Gasteiger partial charge is 0.342 e. The first-order valence-electron chi connectivity index (χ1n) is 8.19. The van der Waals surface area contributed by atoms with E-state index >= 15 is 0 Å². The Balaban J connectivity index is 1.53. The van der Waals surface area contributed by atoms with Crippen LogP contribution in [0.3, 0.4) is 0 Å². The van der Waals surface area contributed by atoms with E-state index < -0.39 is 0 Å². The summed E-state index contributed by atoms with van der Waals surface area (Å²) in [6.45, 7) is 4.94. The Morgan fingerprint density at radius 1 is 1.43 bits per heavy atom. The number of carbonyl (C=O) groups is 1. The highest BCUT2D eigenvalue weighted by Crippen LogP contribution is 2.33. The van der Waals surface area contributed by atoms with Crippen LogP contribution in [0, 0.1) is 11.8 Å². The van der Waals surface area contributed by atoms with Gasteiger partial charge in [0.25, 0.3) is 0 Å². The fourth-order valence-electron chi connectivity index (χ4n) is 3.25. The molecule has 1 aliphatic heterocycles. The summed E-state index contributed by atoms with van der Waals surface area (Å²) >= 11 is 0. The lowest BCUT2D eigenvalue weighted by atomic mass is 9.89. The summed E-state index contributed by atoms with van der Waals surface area (Å²) in [5.41, 5.74) is 1.23. The summed E-state index contributed by atoms with van der Waals surface area (Å²) in [5.74, 6) is 1.32. The van der Waals surface area contributed by atoms with Gasteiger partial charge < -0.3 is 10.2 Å². The Morgan fingerprint density at radius 2 is 2.29 bits per heavy atom. The molecule has 1 N–H and O–H groups in total. The van der Waals surface area contributed by atoms with Gasteiger partial charge in [0.05, 0.1) is 0 Å². The quantitative estimate of drug-likeness (QED) is 0.903.